The fourth-order valence-corrected chi connectivity index (χ4v) is 10.1. The van der Waals surface area contributed by atoms with Crippen LogP contribution in [0.2, 0.25) is 0 Å². The molecule has 2 unspecified atom stereocenters. The van der Waals surface area contributed by atoms with Gasteiger partial charge in [-0.15, -0.1) is 0 Å². The lowest BCUT2D eigenvalue weighted by Crippen LogP contribution is -2.31. The number of hydrogen-bond acceptors (Lipinski definition) is 2. The maximum absolute atomic E-state index is 7.03. The van der Waals surface area contributed by atoms with Crippen molar-refractivity contribution < 1.29 is 0 Å². The lowest BCUT2D eigenvalue weighted by Gasteiger charge is -2.28. The Morgan fingerprint density at radius 3 is 1.83 bits per heavy atom. The summed E-state index contributed by atoms with van der Waals surface area (Å²) in [5, 5.41) is 6.42. The molecule has 2 aliphatic rings. The standard InChI is InChI=1S/C56H48N2/c1-55(2)49-31-17-27-44(52(49)47-34-38-21-8-9-22-39(38)35-50(47)55)40-23-11-10-18-36(40)32-33-51(58-54(57)37-19-6-5-7-20-37)43-26-13-12-24-41(43)45-28-16-29-46-42-25-14-15-30-48(42)56(3,4)53(45)46/h5-35,51,54,58H,57H2,1-4H3/b33-32+. The summed E-state index contributed by atoms with van der Waals surface area (Å²) in [6.45, 7) is 9.47. The van der Waals surface area contributed by atoms with Gasteiger partial charge in [-0.3, -0.25) is 5.32 Å². The van der Waals surface area contributed by atoms with Gasteiger partial charge in [0.2, 0.25) is 0 Å². The van der Waals surface area contributed by atoms with Crippen LogP contribution in [0.1, 0.15) is 78.8 Å². The van der Waals surface area contributed by atoms with Gasteiger partial charge < -0.3 is 5.73 Å². The molecule has 0 heterocycles. The normalized spacial score (nSPS) is 15.5. The Hall–Kier alpha value is -6.32. The average molecular weight is 749 g/mol. The van der Waals surface area contributed by atoms with Crippen molar-refractivity contribution in [2.75, 3.05) is 0 Å². The molecule has 0 amide bonds. The summed E-state index contributed by atoms with van der Waals surface area (Å²) in [6.07, 6.45) is 4.24. The van der Waals surface area contributed by atoms with Gasteiger partial charge in [-0.05, 0) is 106 Å². The zero-order valence-corrected chi connectivity index (χ0v) is 33.6. The van der Waals surface area contributed by atoms with E-state index in [4.69, 9.17) is 5.73 Å². The van der Waals surface area contributed by atoms with Gasteiger partial charge in [0, 0.05) is 10.8 Å². The highest BCUT2D eigenvalue weighted by Gasteiger charge is 2.39. The lowest BCUT2D eigenvalue weighted by molar-refractivity contribution is 0.509. The van der Waals surface area contributed by atoms with Gasteiger partial charge >= 0.3 is 0 Å². The predicted octanol–water partition coefficient (Wildman–Crippen LogP) is 13.8. The van der Waals surface area contributed by atoms with Gasteiger partial charge in [-0.25, -0.2) is 0 Å². The van der Waals surface area contributed by atoms with Crippen molar-refractivity contribution in [3.8, 4) is 44.5 Å². The molecule has 0 radical (unpaired) electrons. The Balaban J connectivity index is 1.11. The van der Waals surface area contributed by atoms with E-state index in [1.165, 1.54) is 83.1 Å². The van der Waals surface area contributed by atoms with Crippen LogP contribution in [-0.2, 0) is 10.8 Å². The van der Waals surface area contributed by atoms with E-state index in [2.05, 4.69) is 215 Å². The summed E-state index contributed by atoms with van der Waals surface area (Å²) in [4.78, 5) is 0. The summed E-state index contributed by atoms with van der Waals surface area (Å²) < 4.78 is 0. The van der Waals surface area contributed by atoms with Crippen molar-refractivity contribution in [1.29, 1.82) is 0 Å². The first-order chi connectivity index (χ1) is 28.2. The van der Waals surface area contributed by atoms with Crippen LogP contribution in [0.4, 0.5) is 0 Å². The highest BCUT2D eigenvalue weighted by atomic mass is 15.0. The molecule has 0 saturated heterocycles. The van der Waals surface area contributed by atoms with Gasteiger partial charge in [-0.1, -0.05) is 204 Å². The van der Waals surface area contributed by atoms with Crippen LogP contribution in [0.3, 0.4) is 0 Å². The fraction of sp³-hybridized carbons (Fsp3) is 0.143. The average Bonchev–Trinajstić information content (AvgIpc) is 3.64. The molecule has 0 spiro atoms. The second-order valence-corrected chi connectivity index (χ2v) is 17.1. The number of hydrogen-bond donors (Lipinski definition) is 2. The molecule has 2 heteroatoms. The molecular weight excluding hydrogens is 701 g/mol. The van der Waals surface area contributed by atoms with E-state index < -0.39 is 0 Å². The zero-order chi connectivity index (χ0) is 39.6. The van der Waals surface area contributed by atoms with E-state index in [0.29, 0.717) is 0 Å². The molecular formula is C56H48N2. The minimum atomic E-state index is -0.382. The quantitative estimate of drug-likeness (QED) is 0.152. The minimum absolute atomic E-state index is 0.116. The van der Waals surface area contributed by atoms with Crippen LogP contribution < -0.4 is 11.1 Å². The maximum Gasteiger partial charge on any atom is 0.0817 e. The van der Waals surface area contributed by atoms with Gasteiger partial charge in [0.25, 0.3) is 0 Å². The Labute approximate surface area is 342 Å². The molecule has 8 aromatic carbocycles. The number of nitrogens with two attached hydrogens (primary N) is 1. The first kappa shape index (κ1) is 36.0. The molecule has 3 N–H and O–H groups in total. The molecule has 2 aliphatic carbocycles. The van der Waals surface area contributed by atoms with Crippen LogP contribution in [0.5, 0.6) is 0 Å². The summed E-state index contributed by atoms with van der Waals surface area (Å²) in [5.74, 6) is 0. The zero-order valence-electron chi connectivity index (χ0n) is 33.6. The summed E-state index contributed by atoms with van der Waals surface area (Å²) in [6, 6.07) is 64.0. The van der Waals surface area contributed by atoms with Crippen molar-refractivity contribution in [2.45, 2.75) is 50.7 Å². The SMILES string of the molecule is CC1(C)c2cc3ccccc3cc2-c2c(-c3ccccc3/C=C/C(NC(N)c3ccccc3)c3ccccc3-c3cccc4c3C(C)(C)c3ccccc3-4)cccc21. The third-order valence-electron chi connectivity index (χ3n) is 13.0. The van der Waals surface area contributed by atoms with E-state index in [1.54, 1.807) is 0 Å². The van der Waals surface area contributed by atoms with E-state index in [0.717, 1.165) is 11.1 Å². The predicted molar refractivity (Wildman–Crippen MR) is 245 cm³/mol. The van der Waals surface area contributed by atoms with E-state index in [-0.39, 0.29) is 23.0 Å². The van der Waals surface area contributed by atoms with E-state index >= 15 is 0 Å². The minimum Gasteiger partial charge on any atom is -0.312 e. The first-order valence-corrected chi connectivity index (χ1v) is 20.6. The highest BCUT2D eigenvalue weighted by Crippen LogP contribution is 2.54. The molecule has 0 bridgehead atoms. The number of fused-ring (bicyclic) bond motifs is 7. The molecule has 282 valence electrons. The van der Waals surface area contributed by atoms with Crippen molar-refractivity contribution in [3.05, 3.63) is 221 Å². The van der Waals surface area contributed by atoms with E-state index in [1.807, 2.05) is 6.07 Å². The molecule has 0 aromatic heterocycles. The molecule has 2 nitrogen and oxygen atoms in total. The summed E-state index contributed by atoms with van der Waals surface area (Å²) in [5.41, 5.74) is 25.9. The molecule has 0 aliphatic heterocycles. The highest BCUT2D eigenvalue weighted by molar-refractivity contribution is 5.99. The first-order valence-electron chi connectivity index (χ1n) is 20.6. The lowest BCUT2D eigenvalue weighted by atomic mass is 9.78. The molecule has 0 fully saturated rings. The second kappa shape index (κ2) is 14.0. The van der Waals surface area contributed by atoms with Crippen LogP contribution in [0, 0.1) is 0 Å². The summed E-state index contributed by atoms with van der Waals surface area (Å²) in [7, 11) is 0. The number of rotatable bonds is 8. The molecule has 0 saturated carbocycles. The van der Waals surface area contributed by atoms with Crippen molar-refractivity contribution in [2.24, 2.45) is 5.73 Å². The Morgan fingerprint density at radius 2 is 1.03 bits per heavy atom. The van der Waals surface area contributed by atoms with Crippen molar-refractivity contribution >= 4 is 16.8 Å². The third kappa shape index (κ3) is 5.78. The van der Waals surface area contributed by atoms with Gasteiger partial charge in [0.1, 0.15) is 0 Å². The van der Waals surface area contributed by atoms with Gasteiger partial charge in [-0.2, -0.15) is 0 Å². The van der Waals surface area contributed by atoms with Gasteiger partial charge in [0.15, 0.2) is 0 Å². The Bertz CT molecular complexity index is 2890. The monoisotopic (exact) mass is 748 g/mol. The molecule has 58 heavy (non-hydrogen) atoms. The van der Waals surface area contributed by atoms with Crippen LogP contribution >= 0.6 is 0 Å². The number of nitrogens with one attached hydrogen (secondary N) is 1. The molecule has 2 atom stereocenters. The largest absolute Gasteiger partial charge is 0.312 e. The topological polar surface area (TPSA) is 38.0 Å². The molecule has 8 aromatic rings. The Kier molecular flexibility index (Phi) is 8.67. The maximum atomic E-state index is 7.03. The summed E-state index contributed by atoms with van der Waals surface area (Å²) >= 11 is 0. The van der Waals surface area contributed by atoms with Crippen LogP contribution in [0.25, 0.3) is 61.4 Å². The van der Waals surface area contributed by atoms with Gasteiger partial charge in [0.05, 0.1) is 12.2 Å². The van der Waals surface area contributed by atoms with Crippen LogP contribution in [0.15, 0.2) is 182 Å². The third-order valence-corrected chi connectivity index (χ3v) is 13.0. The van der Waals surface area contributed by atoms with E-state index in [9.17, 15) is 0 Å². The smallest absolute Gasteiger partial charge is 0.0817 e. The second-order valence-electron chi connectivity index (χ2n) is 17.1. The molecule has 10 rings (SSSR count). The fourth-order valence-electron chi connectivity index (χ4n) is 10.1. The number of benzene rings is 8. The van der Waals surface area contributed by atoms with Crippen molar-refractivity contribution in [3.63, 3.8) is 0 Å². The van der Waals surface area contributed by atoms with Crippen LogP contribution in [-0.4, -0.2) is 0 Å². The Morgan fingerprint density at radius 1 is 0.466 bits per heavy atom. The van der Waals surface area contributed by atoms with Crippen molar-refractivity contribution in [1.82, 2.24) is 5.32 Å².